The second-order valence-electron chi connectivity index (χ2n) is 7.40. The van der Waals surface area contributed by atoms with Crippen LogP contribution in [0.25, 0.3) is 11.5 Å². The van der Waals surface area contributed by atoms with Gasteiger partial charge in [0.05, 0.1) is 26.8 Å². The Balaban J connectivity index is 1.92. The molecule has 2 heterocycles. The number of ether oxygens (including phenoxy) is 2. The molecule has 2 atom stereocenters. The molecular formula is C19H20F3N2O5+. The summed E-state index contributed by atoms with van der Waals surface area (Å²) in [5, 5.41) is 0. The Kier molecular flexibility index (Phi) is 5.65. The van der Waals surface area contributed by atoms with Crippen molar-refractivity contribution in [2.45, 2.75) is 24.8 Å². The minimum atomic E-state index is -5.26. The first-order valence-electron chi connectivity index (χ1n) is 8.86. The topological polar surface area (TPSA) is 78.6 Å². The number of hydrogen-bond donors (Lipinski definition) is 0. The van der Waals surface area contributed by atoms with Crippen LogP contribution in [-0.4, -0.2) is 60.9 Å². The molecule has 1 aromatic heterocycles. The largest absolute Gasteiger partial charge is 0.490 e. The molecule has 0 radical (unpaired) electrons. The average Bonchev–Trinajstić information content (AvgIpc) is 3.28. The van der Waals surface area contributed by atoms with Gasteiger partial charge in [-0.05, 0) is 6.07 Å². The zero-order chi connectivity index (χ0) is 21.2. The molecular weight excluding hydrogens is 393 g/mol. The third-order valence-corrected chi connectivity index (χ3v) is 4.61. The number of halogens is 3. The first-order chi connectivity index (χ1) is 13.6. The van der Waals surface area contributed by atoms with Gasteiger partial charge in [-0.3, -0.25) is 0 Å². The third kappa shape index (κ3) is 4.94. The Bertz CT molecular complexity index is 880. The number of likely N-dealkylation sites (tertiary alicyclic amines) is 1. The molecule has 1 saturated heterocycles. The molecule has 1 aliphatic heterocycles. The summed E-state index contributed by atoms with van der Waals surface area (Å²) in [4.78, 5) is 28.2. The molecule has 0 N–H and O–H groups in total. The number of benzene rings is 1. The standard InChI is InChI=1S/C19H20F3N2O5/c1-24(2)9-7-12(11-24)28-17(25)15(29-18(26)19(20,21)22)13-5-3-4-6-14(13)16-23-8-10-27-16/h3-6,8,10,12,15H,7,9,11H2,1-2H3/q+1/t12-,15?/m1/s1. The Morgan fingerprint density at radius 2 is 2.00 bits per heavy atom. The number of rotatable bonds is 5. The highest BCUT2D eigenvalue weighted by Crippen LogP contribution is 2.33. The summed E-state index contributed by atoms with van der Waals surface area (Å²) in [6, 6.07) is 5.95. The lowest BCUT2D eigenvalue weighted by Crippen LogP contribution is -2.38. The minimum absolute atomic E-state index is 0.00991. The average molecular weight is 413 g/mol. The van der Waals surface area contributed by atoms with Gasteiger partial charge in [0.2, 0.25) is 12.0 Å². The summed E-state index contributed by atoms with van der Waals surface area (Å²) in [6.45, 7) is 1.25. The van der Waals surface area contributed by atoms with Gasteiger partial charge in [0, 0.05) is 17.5 Å². The minimum Gasteiger partial charge on any atom is -0.453 e. The summed E-state index contributed by atoms with van der Waals surface area (Å²) < 4.78 is 54.2. The SMILES string of the molecule is C[N+]1(C)CC[C@@H](OC(=O)C(OC(=O)C(F)(F)F)c2ccccc2-c2ncco2)C1. The number of hydrogen-bond acceptors (Lipinski definition) is 6. The number of carbonyl (C=O) groups is 2. The highest BCUT2D eigenvalue weighted by Gasteiger charge is 2.45. The summed E-state index contributed by atoms with van der Waals surface area (Å²) in [5.74, 6) is -3.49. The molecule has 2 aromatic rings. The van der Waals surface area contributed by atoms with E-state index >= 15 is 0 Å². The molecule has 156 valence electrons. The molecule has 1 unspecified atom stereocenters. The smallest absolute Gasteiger partial charge is 0.453 e. The molecule has 3 rings (SSSR count). The van der Waals surface area contributed by atoms with Crippen LogP contribution in [0.4, 0.5) is 13.2 Å². The van der Waals surface area contributed by atoms with Gasteiger partial charge in [-0.1, -0.05) is 18.2 Å². The molecule has 0 amide bonds. The molecule has 7 nitrogen and oxygen atoms in total. The molecule has 10 heteroatoms. The maximum atomic E-state index is 12.8. The number of esters is 2. The van der Waals surface area contributed by atoms with Crippen LogP contribution in [0.1, 0.15) is 18.1 Å². The number of quaternary nitrogens is 1. The Labute approximate surface area is 164 Å². The third-order valence-electron chi connectivity index (χ3n) is 4.61. The van der Waals surface area contributed by atoms with E-state index in [1.807, 2.05) is 14.1 Å². The Hall–Kier alpha value is -2.88. The maximum Gasteiger partial charge on any atom is 0.490 e. The van der Waals surface area contributed by atoms with Crippen molar-refractivity contribution in [3.05, 3.63) is 42.3 Å². The van der Waals surface area contributed by atoms with Crippen molar-refractivity contribution >= 4 is 11.9 Å². The number of carbonyl (C=O) groups excluding carboxylic acids is 2. The predicted molar refractivity (Wildman–Crippen MR) is 93.2 cm³/mol. The molecule has 0 bridgehead atoms. The van der Waals surface area contributed by atoms with Gasteiger partial charge in [-0.2, -0.15) is 13.2 Å². The van der Waals surface area contributed by atoms with Crippen molar-refractivity contribution in [2.24, 2.45) is 0 Å². The van der Waals surface area contributed by atoms with Crippen LogP contribution in [0, 0.1) is 0 Å². The van der Waals surface area contributed by atoms with E-state index in [2.05, 4.69) is 9.72 Å². The van der Waals surface area contributed by atoms with Gasteiger partial charge in [0.1, 0.15) is 12.8 Å². The summed E-state index contributed by atoms with van der Waals surface area (Å²) in [5.41, 5.74) is 0.209. The number of aromatic nitrogens is 1. The molecule has 1 fully saturated rings. The second-order valence-corrected chi connectivity index (χ2v) is 7.40. The molecule has 1 aromatic carbocycles. The fraction of sp³-hybridized carbons (Fsp3) is 0.421. The molecule has 0 aliphatic carbocycles. The Morgan fingerprint density at radius 1 is 1.28 bits per heavy atom. The number of oxazole rings is 1. The van der Waals surface area contributed by atoms with Gasteiger partial charge in [-0.25, -0.2) is 14.6 Å². The molecule has 29 heavy (non-hydrogen) atoms. The van der Waals surface area contributed by atoms with E-state index in [9.17, 15) is 22.8 Å². The lowest BCUT2D eigenvalue weighted by atomic mass is 10.0. The highest BCUT2D eigenvalue weighted by molar-refractivity contribution is 5.84. The number of nitrogens with zero attached hydrogens (tertiary/aromatic N) is 2. The fourth-order valence-electron chi connectivity index (χ4n) is 3.24. The van der Waals surface area contributed by atoms with E-state index in [-0.39, 0.29) is 17.0 Å². The van der Waals surface area contributed by atoms with Crippen LogP contribution in [0.2, 0.25) is 0 Å². The van der Waals surface area contributed by atoms with Crippen LogP contribution < -0.4 is 0 Å². The maximum absolute atomic E-state index is 12.8. The van der Waals surface area contributed by atoms with Crippen molar-refractivity contribution in [3.63, 3.8) is 0 Å². The summed E-state index contributed by atoms with van der Waals surface area (Å²) in [7, 11) is 3.90. The van der Waals surface area contributed by atoms with Crippen LogP contribution in [-0.2, 0) is 19.1 Å². The van der Waals surface area contributed by atoms with E-state index < -0.39 is 30.3 Å². The van der Waals surface area contributed by atoms with E-state index in [4.69, 9.17) is 9.15 Å². The lowest BCUT2D eigenvalue weighted by Gasteiger charge is -2.24. The van der Waals surface area contributed by atoms with Crippen molar-refractivity contribution in [1.82, 2.24) is 4.98 Å². The zero-order valence-electron chi connectivity index (χ0n) is 15.8. The first-order valence-corrected chi connectivity index (χ1v) is 8.86. The highest BCUT2D eigenvalue weighted by atomic mass is 19.4. The zero-order valence-corrected chi connectivity index (χ0v) is 15.8. The second kappa shape index (κ2) is 7.86. The molecule has 0 saturated carbocycles. The van der Waals surface area contributed by atoms with E-state index in [0.29, 0.717) is 17.4 Å². The van der Waals surface area contributed by atoms with Gasteiger partial charge >= 0.3 is 18.1 Å². The lowest BCUT2D eigenvalue weighted by molar-refractivity contribution is -0.879. The van der Waals surface area contributed by atoms with Crippen LogP contribution >= 0.6 is 0 Å². The fourth-order valence-corrected chi connectivity index (χ4v) is 3.24. The van der Waals surface area contributed by atoms with Crippen molar-refractivity contribution in [1.29, 1.82) is 0 Å². The van der Waals surface area contributed by atoms with Crippen LogP contribution in [0.3, 0.4) is 0 Å². The summed E-state index contributed by atoms with van der Waals surface area (Å²) in [6.07, 6.45) is -4.48. The van der Waals surface area contributed by atoms with Gasteiger partial charge in [-0.15, -0.1) is 0 Å². The predicted octanol–water partition coefficient (Wildman–Crippen LogP) is 2.88. The number of likely N-dealkylation sites (N-methyl/N-ethyl adjacent to an activating group) is 1. The first kappa shape index (κ1) is 20.8. The molecule has 1 aliphatic rings. The quantitative estimate of drug-likeness (QED) is 0.554. The monoisotopic (exact) mass is 413 g/mol. The normalized spacial score (nSPS) is 19.6. The summed E-state index contributed by atoms with van der Waals surface area (Å²) >= 11 is 0. The van der Waals surface area contributed by atoms with Crippen molar-refractivity contribution in [3.8, 4) is 11.5 Å². The Morgan fingerprint density at radius 3 is 2.59 bits per heavy atom. The van der Waals surface area contributed by atoms with E-state index in [1.165, 1.54) is 30.7 Å². The molecule has 0 spiro atoms. The van der Waals surface area contributed by atoms with Crippen LogP contribution in [0.15, 0.2) is 41.1 Å². The van der Waals surface area contributed by atoms with Crippen LogP contribution in [0.5, 0.6) is 0 Å². The number of alkyl halides is 3. The van der Waals surface area contributed by atoms with E-state index in [0.717, 1.165) is 6.54 Å². The van der Waals surface area contributed by atoms with Gasteiger partial charge < -0.3 is 18.4 Å². The van der Waals surface area contributed by atoms with Crippen molar-refractivity contribution in [2.75, 3.05) is 27.2 Å². The van der Waals surface area contributed by atoms with E-state index in [1.54, 1.807) is 6.07 Å². The van der Waals surface area contributed by atoms with Crippen molar-refractivity contribution < 1.29 is 41.1 Å². The van der Waals surface area contributed by atoms with Gasteiger partial charge in [0.15, 0.2) is 6.10 Å². The van der Waals surface area contributed by atoms with Gasteiger partial charge in [0.25, 0.3) is 0 Å².